The first-order valence-corrected chi connectivity index (χ1v) is 17.8. The van der Waals surface area contributed by atoms with Crippen LogP contribution in [-0.2, 0) is 25.7 Å². The fourth-order valence-corrected chi connectivity index (χ4v) is 8.07. The smallest absolute Gasteiger partial charge is 0.0693 e. The highest BCUT2D eigenvalue weighted by molar-refractivity contribution is 5.96. The van der Waals surface area contributed by atoms with Gasteiger partial charge < -0.3 is 9.55 Å². The highest BCUT2D eigenvalue weighted by Crippen LogP contribution is 2.40. The molecule has 238 valence electrons. The van der Waals surface area contributed by atoms with Crippen molar-refractivity contribution >= 4 is 44.4 Å². The lowest BCUT2D eigenvalue weighted by molar-refractivity contribution is 1.07. The number of nitrogens with zero attached hydrogens (tertiary/aromatic N) is 3. The molecule has 1 aromatic carbocycles. The number of H-pyrrole nitrogens is 1. The van der Waals surface area contributed by atoms with Crippen molar-refractivity contribution in [2.75, 3.05) is 0 Å². The molecule has 1 N–H and O–H groups in total. The van der Waals surface area contributed by atoms with Gasteiger partial charge in [-0.2, -0.15) is 0 Å². The molecule has 0 aliphatic carbocycles. The fraction of sp³-hybridized carbons (Fsp3) is 0.381. The van der Waals surface area contributed by atoms with E-state index < -0.39 is 0 Å². The molecule has 0 unspecified atom stereocenters. The largest absolute Gasteiger partial charge is 0.355 e. The van der Waals surface area contributed by atoms with Gasteiger partial charge in [-0.25, -0.2) is 9.97 Å². The Morgan fingerprint density at radius 2 is 0.826 bits per heavy atom. The highest BCUT2D eigenvalue weighted by atomic mass is 15.0. The predicted octanol–water partition coefficient (Wildman–Crippen LogP) is 11.5. The minimum Gasteiger partial charge on any atom is -0.355 e. The molecule has 4 heteroatoms. The van der Waals surface area contributed by atoms with Crippen molar-refractivity contribution in [2.45, 2.75) is 107 Å². The number of fused-ring (bicyclic) bond motifs is 8. The zero-order valence-corrected chi connectivity index (χ0v) is 29.2. The van der Waals surface area contributed by atoms with Gasteiger partial charge in [0, 0.05) is 16.7 Å². The Hall–Kier alpha value is -4.18. The van der Waals surface area contributed by atoms with Crippen LogP contribution in [0.15, 0.2) is 54.6 Å². The minimum absolute atomic E-state index is 0.952. The average molecular weight is 611 g/mol. The molecule has 0 atom stereocenters. The quantitative estimate of drug-likeness (QED) is 0.205. The first-order chi connectivity index (χ1) is 22.5. The molecule has 4 nitrogen and oxygen atoms in total. The number of hydrogen-bond acceptors (Lipinski definition) is 2. The van der Waals surface area contributed by atoms with E-state index in [1.165, 1.54) is 72.3 Å². The molecular formula is C42H50N4. The van der Waals surface area contributed by atoms with Crippen LogP contribution in [0.3, 0.4) is 0 Å². The van der Waals surface area contributed by atoms with Gasteiger partial charge in [0.1, 0.15) is 0 Å². The van der Waals surface area contributed by atoms with Gasteiger partial charge in [-0.15, -0.1) is 0 Å². The van der Waals surface area contributed by atoms with Crippen molar-refractivity contribution < 1.29 is 0 Å². The van der Waals surface area contributed by atoms with Crippen molar-refractivity contribution in [3.8, 4) is 5.69 Å². The van der Waals surface area contributed by atoms with Crippen molar-refractivity contribution in [1.82, 2.24) is 19.5 Å². The van der Waals surface area contributed by atoms with E-state index >= 15 is 0 Å². The van der Waals surface area contributed by atoms with Gasteiger partial charge in [0.15, 0.2) is 0 Å². The Morgan fingerprint density at radius 1 is 0.457 bits per heavy atom. The third-order valence-electron chi connectivity index (χ3n) is 10.1. The Bertz CT molecular complexity index is 1890. The molecule has 8 bridgehead atoms. The van der Waals surface area contributed by atoms with E-state index in [9.17, 15) is 0 Å². The zero-order chi connectivity index (χ0) is 32.5. The van der Waals surface area contributed by atoms with Gasteiger partial charge in [-0.3, -0.25) is 0 Å². The molecule has 0 fully saturated rings. The van der Waals surface area contributed by atoms with E-state index in [1.54, 1.807) is 0 Å². The maximum absolute atomic E-state index is 5.43. The number of hydrogen-bond donors (Lipinski definition) is 1. The fourth-order valence-electron chi connectivity index (χ4n) is 8.07. The van der Waals surface area contributed by atoms with Crippen molar-refractivity contribution in [3.63, 3.8) is 0 Å². The second-order valence-electron chi connectivity index (χ2n) is 12.4. The van der Waals surface area contributed by atoms with Crippen LogP contribution in [0, 0.1) is 0 Å². The van der Waals surface area contributed by atoms with Crippen LogP contribution in [0.25, 0.3) is 50.0 Å². The number of aromatic amines is 1. The molecule has 2 aliphatic rings. The lowest BCUT2D eigenvalue weighted by atomic mass is 9.98. The number of nitrogens with one attached hydrogen (secondary N) is 1. The molecule has 0 spiro atoms. The molecule has 5 heterocycles. The molecule has 2 aliphatic heterocycles. The van der Waals surface area contributed by atoms with Crippen LogP contribution in [0.5, 0.6) is 0 Å². The standard InChI is InChI=1S/C42H50N4/c1-9-27-28(10-2)36-23-38-30(12-4)32(14-6)40(45-38)25-42-34(16-8)33(15-7)41(46(42)26-20-18-17-19-21-26)24-39-31(13-5)29(11-3)37(44-39)22-35(27)43-36/h17-25,43H,9-16H2,1-8H3. The molecule has 4 aromatic rings. The zero-order valence-electron chi connectivity index (χ0n) is 29.2. The van der Waals surface area contributed by atoms with Gasteiger partial charge in [-0.05, 0) is 132 Å². The minimum atomic E-state index is 0.952. The number of aryl methyl sites for hydroxylation is 4. The molecule has 0 saturated carbocycles. The Kier molecular flexibility index (Phi) is 9.18. The molecule has 3 aromatic heterocycles. The lowest BCUT2D eigenvalue weighted by Crippen LogP contribution is -1.95. The van der Waals surface area contributed by atoms with Crippen LogP contribution in [0.4, 0.5) is 0 Å². The summed E-state index contributed by atoms with van der Waals surface area (Å²) < 4.78 is 2.48. The van der Waals surface area contributed by atoms with E-state index in [-0.39, 0.29) is 0 Å². The van der Waals surface area contributed by atoms with E-state index in [2.05, 4.69) is 120 Å². The molecule has 0 amide bonds. The Labute approximate surface area is 275 Å². The summed E-state index contributed by atoms with van der Waals surface area (Å²) in [5.41, 5.74) is 21.4. The molecule has 6 rings (SSSR count). The van der Waals surface area contributed by atoms with Crippen molar-refractivity contribution in [3.05, 3.63) is 99.6 Å². The summed E-state index contributed by atoms with van der Waals surface area (Å²) in [7, 11) is 0. The molecule has 0 saturated heterocycles. The highest BCUT2D eigenvalue weighted by Gasteiger charge is 2.23. The van der Waals surface area contributed by atoms with E-state index in [1.807, 2.05) is 0 Å². The summed E-state index contributed by atoms with van der Waals surface area (Å²) in [5, 5.41) is 0. The Balaban J connectivity index is 1.92. The molecule has 0 radical (unpaired) electrons. The maximum Gasteiger partial charge on any atom is 0.0693 e. The van der Waals surface area contributed by atoms with Crippen LogP contribution in [0.2, 0.25) is 0 Å². The monoisotopic (exact) mass is 610 g/mol. The number of para-hydroxylation sites is 1. The van der Waals surface area contributed by atoms with Crippen LogP contribution < -0.4 is 0 Å². The molecule has 46 heavy (non-hydrogen) atoms. The summed E-state index contributed by atoms with van der Waals surface area (Å²) in [6, 6.07) is 20.3. The summed E-state index contributed by atoms with van der Waals surface area (Å²) in [4.78, 5) is 14.7. The number of benzene rings is 1. The number of rotatable bonds is 9. The SMILES string of the molecule is CCC1=C(CC)c2cc3c(CC)c(CC)c(cc4nc(cc5[nH]c(cc1n2)c(CC)c5CC)C(CC)=C4CC)n3-c1ccccc1. The average Bonchev–Trinajstić information content (AvgIpc) is 3.78. The second-order valence-corrected chi connectivity index (χ2v) is 12.4. The van der Waals surface area contributed by atoms with Crippen molar-refractivity contribution in [1.29, 1.82) is 0 Å². The van der Waals surface area contributed by atoms with Gasteiger partial charge >= 0.3 is 0 Å². The lowest BCUT2D eigenvalue weighted by Gasteiger charge is -2.09. The topological polar surface area (TPSA) is 46.5 Å². The summed E-state index contributed by atoms with van der Waals surface area (Å²) in [6.07, 6.45) is 7.67. The van der Waals surface area contributed by atoms with E-state index in [0.717, 1.165) is 74.1 Å². The summed E-state index contributed by atoms with van der Waals surface area (Å²) in [6.45, 7) is 18.2. The van der Waals surface area contributed by atoms with Crippen LogP contribution >= 0.6 is 0 Å². The normalized spacial score (nSPS) is 13.3. The number of allylic oxidation sites excluding steroid dienone is 4. The van der Waals surface area contributed by atoms with E-state index in [0.29, 0.717) is 0 Å². The van der Waals surface area contributed by atoms with Gasteiger partial charge in [0.2, 0.25) is 0 Å². The van der Waals surface area contributed by atoms with E-state index in [4.69, 9.17) is 9.97 Å². The van der Waals surface area contributed by atoms with Crippen molar-refractivity contribution in [2.24, 2.45) is 0 Å². The van der Waals surface area contributed by atoms with Gasteiger partial charge in [0.25, 0.3) is 0 Å². The van der Waals surface area contributed by atoms with Crippen LogP contribution in [-0.4, -0.2) is 19.5 Å². The van der Waals surface area contributed by atoms with Gasteiger partial charge in [-0.1, -0.05) is 73.6 Å². The molecular weight excluding hydrogens is 560 g/mol. The first-order valence-electron chi connectivity index (χ1n) is 17.8. The third kappa shape index (κ3) is 5.16. The summed E-state index contributed by atoms with van der Waals surface area (Å²) in [5.74, 6) is 0. The number of aromatic nitrogens is 4. The second kappa shape index (κ2) is 13.3. The third-order valence-corrected chi connectivity index (χ3v) is 10.1. The van der Waals surface area contributed by atoms with Crippen LogP contribution in [0.1, 0.15) is 126 Å². The first kappa shape index (κ1) is 31.8. The predicted molar refractivity (Wildman–Crippen MR) is 198 cm³/mol. The maximum atomic E-state index is 5.43. The van der Waals surface area contributed by atoms with Gasteiger partial charge in [0.05, 0.1) is 33.8 Å². The Morgan fingerprint density at radius 3 is 1.17 bits per heavy atom. The summed E-state index contributed by atoms with van der Waals surface area (Å²) >= 11 is 0.